The second kappa shape index (κ2) is 18.4. The number of hydrogen-bond donors (Lipinski definition) is 0. The van der Waals surface area contributed by atoms with Crippen LogP contribution in [0.15, 0.2) is 16.7 Å². The molecule has 0 aromatic carbocycles. The number of carbonyl (C=O) groups excluding carboxylic acids is 1. The summed E-state index contributed by atoms with van der Waals surface area (Å²) in [5.41, 5.74) is 11.1. The maximum atomic E-state index is 10.5. The number of allylic oxidation sites excluding steroid dienone is 4. The Morgan fingerprint density at radius 1 is 1.08 bits per heavy atom. The standard InChI is InChI=1S/C9H13.C7H13NO.C2H7Si.2ClH.Zr/c1-6-5-7(2)9(4)8(6)3;8-7(9)6-4-2-1-3-5-6;1-3-2;;;/h6H,1-4H3;6H,1-5H2,(H2,8,9);3H,1-2H3;2*1H;/q-1;;;;;+4/p-3. The van der Waals surface area contributed by atoms with Crippen LogP contribution in [0.5, 0.6) is 0 Å². The van der Waals surface area contributed by atoms with E-state index in [1.807, 2.05) is 0 Å². The van der Waals surface area contributed by atoms with E-state index in [4.69, 9.17) is 5.73 Å². The molecule has 24 heavy (non-hydrogen) atoms. The van der Waals surface area contributed by atoms with Crippen LogP contribution in [-0.2, 0) is 31.0 Å². The minimum Gasteiger partial charge on any atom is -1.00 e. The van der Waals surface area contributed by atoms with Gasteiger partial charge in [-0.2, -0.15) is 11.1 Å². The maximum absolute atomic E-state index is 10.5. The number of halogens is 2. The minimum absolute atomic E-state index is 0. The summed E-state index contributed by atoms with van der Waals surface area (Å²) in [6, 6.07) is 0. The van der Waals surface area contributed by atoms with E-state index < -0.39 is 0 Å². The van der Waals surface area contributed by atoms with Gasteiger partial charge in [0, 0.05) is 15.4 Å². The number of carbonyl (C=O) groups is 1. The van der Waals surface area contributed by atoms with Crippen LogP contribution < -0.4 is 24.8 Å². The van der Waals surface area contributed by atoms with E-state index >= 15 is 0 Å². The normalized spacial score (nSPS) is 19.1. The fraction of sp³-hybridized carbons (Fsp3) is 0.722. The maximum Gasteiger partial charge on any atom is 4.00 e. The molecule has 2 aliphatic carbocycles. The first-order valence-corrected chi connectivity index (χ1v) is 10.4. The molecule has 0 aromatic rings. The topological polar surface area (TPSA) is 40.9 Å². The average molecular weight is 469 g/mol. The zero-order chi connectivity index (χ0) is 16.4. The van der Waals surface area contributed by atoms with Crippen LogP contribution in [0.4, 0.5) is 0 Å². The van der Waals surface area contributed by atoms with Crippen LogP contribution in [0.1, 0.15) is 59.8 Å². The SMILES string of the molecule is CC1=[C-]C(C)C(C)=C1C.C[SiH]C.[Cl-].[Cl-].[NH-]C(=O)C1CCCCC1.[Zr+4]. The molecule has 1 unspecified atom stereocenters. The van der Waals surface area contributed by atoms with Gasteiger partial charge in [-0.3, -0.25) is 6.08 Å². The van der Waals surface area contributed by atoms with Crippen molar-refractivity contribution in [1.82, 2.24) is 0 Å². The quantitative estimate of drug-likeness (QED) is 0.374. The molecule has 137 valence electrons. The summed E-state index contributed by atoms with van der Waals surface area (Å²) in [6.07, 6.45) is 8.83. The van der Waals surface area contributed by atoms with Crippen molar-refractivity contribution in [2.24, 2.45) is 11.8 Å². The van der Waals surface area contributed by atoms with Crippen LogP contribution in [0.25, 0.3) is 5.73 Å². The Morgan fingerprint density at radius 2 is 1.50 bits per heavy atom. The Balaban J connectivity index is -0.000000130. The fourth-order valence-electron chi connectivity index (χ4n) is 2.53. The molecule has 0 bridgehead atoms. The van der Waals surface area contributed by atoms with Gasteiger partial charge in [0.25, 0.3) is 0 Å². The van der Waals surface area contributed by atoms with Crippen LogP contribution in [0, 0.1) is 17.9 Å². The second-order valence-electron chi connectivity index (χ2n) is 6.08. The molecule has 1 fully saturated rings. The van der Waals surface area contributed by atoms with Crippen molar-refractivity contribution in [2.75, 3.05) is 0 Å². The van der Waals surface area contributed by atoms with Gasteiger partial charge >= 0.3 is 26.2 Å². The molecule has 1 atom stereocenters. The molecule has 1 radical (unpaired) electrons. The van der Waals surface area contributed by atoms with Gasteiger partial charge in [-0.25, -0.2) is 5.57 Å². The summed E-state index contributed by atoms with van der Waals surface area (Å²) in [7, 11) is 0.750. The van der Waals surface area contributed by atoms with Crippen molar-refractivity contribution < 1.29 is 55.8 Å². The molecule has 1 amide bonds. The summed E-state index contributed by atoms with van der Waals surface area (Å²) in [4.78, 5) is 10.5. The van der Waals surface area contributed by atoms with Crippen molar-refractivity contribution in [3.63, 3.8) is 0 Å². The number of amides is 1. The zero-order valence-corrected chi connectivity index (χ0v) is 21.1. The Labute approximate surface area is 183 Å². The smallest absolute Gasteiger partial charge is 1.00 e. The van der Waals surface area contributed by atoms with Gasteiger partial charge in [-0.05, 0) is 12.8 Å². The summed E-state index contributed by atoms with van der Waals surface area (Å²) in [5, 5.41) is 0. The van der Waals surface area contributed by atoms with Gasteiger partial charge in [-0.15, -0.1) is 6.92 Å². The van der Waals surface area contributed by atoms with Crippen molar-refractivity contribution >= 4 is 15.4 Å². The van der Waals surface area contributed by atoms with E-state index in [-0.39, 0.29) is 62.8 Å². The molecule has 0 saturated heterocycles. The predicted octanol–water partition coefficient (Wildman–Crippen LogP) is -0.608. The van der Waals surface area contributed by atoms with E-state index in [0.717, 1.165) is 35.2 Å². The first-order chi connectivity index (χ1) is 9.84. The van der Waals surface area contributed by atoms with Crippen molar-refractivity contribution in [2.45, 2.75) is 72.9 Å². The van der Waals surface area contributed by atoms with Crippen molar-refractivity contribution in [3.8, 4) is 0 Å². The van der Waals surface area contributed by atoms with Crippen LogP contribution >= 0.6 is 0 Å². The molecule has 0 heterocycles. The zero-order valence-electron chi connectivity index (χ0n) is 15.9. The molecule has 2 rings (SSSR count). The van der Waals surface area contributed by atoms with E-state index in [2.05, 4.69) is 46.9 Å². The number of rotatable bonds is 1. The third-order valence-electron chi connectivity index (χ3n) is 4.21. The summed E-state index contributed by atoms with van der Waals surface area (Å²) < 4.78 is 0. The van der Waals surface area contributed by atoms with E-state index in [1.54, 1.807) is 0 Å². The molecular weight excluding hydrogens is 436 g/mol. The average Bonchev–Trinajstić information content (AvgIpc) is 2.68. The Morgan fingerprint density at radius 3 is 1.67 bits per heavy atom. The largest absolute Gasteiger partial charge is 4.00 e. The van der Waals surface area contributed by atoms with Gasteiger partial charge in [-0.1, -0.05) is 59.0 Å². The Bertz CT molecular complexity index is 394. The van der Waals surface area contributed by atoms with Crippen LogP contribution in [0.2, 0.25) is 13.1 Å². The van der Waals surface area contributed by atoms with Gasteiger partial charge < -0.3 is 35.3 Å². The first-order valence-electron chi connectivity index (χ1n) is 8.12. The Kier molecular flexibility index (Phi) is 24.8. The third kappa shape index (κ3) is 12.9. The van der Waals surface area contributed by atoms with Gasteiger partial charge in [0.05, 0.1) is 5.91 Å². The monoisotopic (exact) mass is 466 g/mol. The van der Waals surface area contributed by atoms with E-state index in [1.165, 1.54) is 23.1 Å². The number of hydrogen-bond acceptors (Lipinski definition) is 1. The Hall–Kier alpha value is 0.630. The number of nitrogens with one attached hydrogen (secondary N) is 1. The molecular formula is C18H32Cl2NOSiZr. The second-order valence-corrected chi connectivity index (χ2v) is 7.23. The van der Waals surface area contributed by atoms with E-state index in [0.29, 0.717) is 5.92 Å². The molecule has 1 N–H and O–H groups in total. The molecule has 6 heteroatoms. The van der Waals surface area contributed by atoms with Gasteiger partial charge in [0.2, 0.25) is 0 Å². The molecule has 1 saturated carbocycles. The first kappa shape index (κ1) is 32.3. The van der Waals surface area contributed by atoms with E-state index in [9.17, 15) is 4.79 Å². The van der Waals surface area contributed by atoms with Crippen LogP contribution in [-0.4, -0.2) is 15.4 Å². The molecule has 2 nitrogen and oxygen atoms in total. The van der Waals surface area contributed by atoms with Gasteiger partial charge in [0.1, 0.15) is 0 Å². The van der Waals surface area contributed by atoms with Crippen molar-refractivity contribution in [1.29, 1.82) is 0 Å². The molecule has 0 aliphatic heterocycles. The summed E-state index contributed by atoms with van der Waals surface area (Å²) >= 11 is 0. The van der Waals surface area contributed by atoms with Gasteiger partial charge in [0.15, 0.2) is 0 Å². The van der Waals surface area contributed by atoms with Crippen molar-refractivity contribution in [3.05, 3.63) is 28.5 Å². The third-order valence-corrected chi connectivity index (χ3v) is 4.21. The van der Waals surface area contributed by atoms with Crippen LogP contribution in [0.3, 0.4) is 0 Å². The molecule has 0 aromatic heterocycles. The predicted molar refractivity (Wildman–Crippen MR) is 94.7 cm³/mol. The summed E-state index contributed by atoms with van der Waals surface area (Å²) in [6.45, 7) is 13.1. The molecule has 2 aliphatic rings. The minimum atomic E-state index is -0.352. The molecule has 0 spiro atoms. The summed E-state index contributed by atoms with van der Waals surface area (Å²) in [5.74, 6) is 0.290. The fourth-order valence-corrected chi connectivity index (χ4v) is 2.53.